The van der Waals surface area contributed by atoms with Gasteiger partial charge in [0.15, 0.2) is 0 Å². The topological polar surface area (TPSA) is 47.1 Å². The Balaban J connectivity index is 2.12. The van der Waals surface area contributed by atoms with Gasteiger partial charge in [-0.1, -0.05) is 24.3 Å². The Hall–Kier alpha value is -2.75. The minimum absolute atomic E-state index is 0.811. The minimum Gasteiger partial charge on any atom is -0.497 e. The molecule has 0 saturated heterocycles. The van der Waals surface area contributed by atoms with E-state index in [1.165, 1.54) is 0 Å². The molecule has 0 bridgehead atoms. The fourth-order valence-corrected chi connectivity index (χ4v) is 2.35. The molecule has 0 radical (unpaired) electrons. The van der Waals surface area contributed by atoms with Crippen LogP contribution in [0.4, 0.5) is 0 Å². The lowest BCUT2D eigenvalue weighted by molar-refractivity contribution is 0.415. The quantitative estimate of drug-likeness (QED) is 0.791. The van der Waals surface area contributed by atoms with E-state index in [9.17, 15) is 0 Å². The molecule has 0 atom stereocenters. The molecule has 0 unspecified atom stereocenters. The van der Waals surface area contributed by atoms with E-state index >= 15 is 0 Å². The summed E-state index contributed by atoms with van der Waals surface area (Å²) in [6.45, 7) is 0. The van der Waals surface area contributed by atoms with Crippen molar-refractivity contribution in [1.29, 1.82) is 0 Å². The van der Waals surface area contributed by atoms with Crippen LogP contribution in [-0.4, -0.2) is 24.4 Å². The molecule has 3 aromatic rings. The standard InChI is InChI=1S/C17H16N2O2/c1-20-13-7-5-6-12(10-13)15-11-18-19-17(15)14-8-3-4-9-16(14)21-2/h3-11H,1-2H3,(H,18,19). The van der Waals surface area contributed by atoms with Crippen molar-refractivity contribution in [1.82, 2.24) is 10.2 Å². The minimum atomic E-state index is 0.811. The third-order valence-corrected chi connectivity index (χ3v) is 3.40. The molecule has 0 fully saturated rings. The third-order valence-electron chi connectivity index (χ3n) is 3.40. The number of aromatic nitrogens is 2. The second kappa shape index (κ2) is 5.71. The van der Waals surface area contributed by atoms with Crippen LogP contribution in [-0.2, 0) is 0 Å². The summed E-state index contributed by atoms with van der Waals surface area (Å²) in [5.41, 5.74) is 3.97. The van der Waals surface area contributed by atoms with E-state index in [4.69, 9.17) is 9.47 Å². The number of hydrogen-bond acceptors (Lipinski definition) is 3. The molecule has 1 heterocycles. The predicted octanol–water partition coefficient (Wildman–Crippen LogP) is 3.76. The summed E-state index contributed by atoms with van der Waals surface area (Å²) < 4.78 is 10.7. The van der Waals surface area contributed by atoms with Crippen LogP contribution in [0.25, 0.3) is 22.4 Å². The summed E-state index contributed by atoms with van der Waals surface area (Å²) in [5.74, 6) is 1.63. The number of para-hydroxylation sites is 1. The van der Waals surface area contributed by atoms with Crippen LogP contribution in [0.15, 0.2) is 54.7 Å². The zero-order valence-electron chi connectivity index (χ0n) is 12.0. The lowest BCUT2D eigenvalue weighted by Gasteiger charge is -2.09. The molecule has 1 aromatic heterocycles. The van der Waals surface area contributed by atoms with Gasteiger partial charge in [-0.25, -0.2) is 0 Å². The molecule has 0 aliphatic carbocycles. The average molecular weight is 280 g/mol. The number of H-pyrrole nitrogens is 1. The zero-order chi connectivity index (χ0) is 14.7. The number of benzene rings is 2. The van der Waals surface area contributed by atoms with Gasteiger partial charge >= 0.3 is 0 Å². The van der Waals surface area contributed by atoms with Gasteiger partial charge in [0, 0.05) is 11.1 Å². The van der Waals surface area contributed by atoms with E-state index in [2.05, 4.69) is 10.2 Å². The number of ether oxygens (including phenoxy) is 2. The Bertz CT molecular complexity index is 750. The highest BCUT2D eigenvalue weighted by molar-refractivity contribution is 5.83. The number of aromatic amines is 1. The Labute approximate surface area is 123 Å². The Kier molecular flexibility index (Phi) is 3.60. The summed E-state index contributed by atoms with van der Waals surface area (Å²) in [5, 5.41) is 7.25. The predicted molar refractivity (Wildman–Crippen MR) is 82.6 cm³/mol. The molecule has 21 heavy (non-hydrogen) atoms. The van der Waals surface area contributed by atoms with Crippen molar-refractivity contribution < 1.29 is 9.47 Å². The first-order chi connectivity index (χ1) is 10.3. The van der Waals surface area contributed by atoms with Gasteiger partial charge in [0.05, 0.1) is 26.1 Å². The molecular weight excluding hydrogens is 264 g/mol. The first kappa shape index (κ1) is 13.2. The molecule has 0 spiro atoms. The molecular formula is C17H16N2O2. The maximum absolute atomic E-state index is 5.43. The second-order valence-corrected chi connectivity index (χ2v) is 4.59. The SMILES string of the molecule is COc1cccc(-c2cn[nH]c2-c2ccccc2OC)c1. The lowest BCUT2D eigenvalue weighted by atomic mass is 10.0. The smallest absolute Gasteiger partial charge is 0.128 e. The van der Waals surface area contributed by atoms with Gasteiger partial charge in [-0.3, -0.25) is 5.10 Å². The number of rotatable bonds is 4. The van der Waals surface area contributed by atoms with Gasteiger partial charge in [-0.05, 0) is 29.8 Å². The fraction of sp³-hybridized carbons (Fsp3) is 0.118. The fourth-order valence-electron chi connectivity index (χ4n) is 2.35. The molecule has 4 nitrogen and oxygen atoms in total. The Morgan fingerprint density at radius 3 is 2.57 bits per heavy atom. The number of nitrogens with zero attached hydrogens (tertiary/aromatic N) is 1. The summed E-state index contributed by atoms with van der Waals surface area (Å²) in [6.07, 6.45) is 1.82. The molecule has 0 saturated carbocycles. The number of hydrogen-bond donors (Lipinski definition) is 1. The molecule has 2 aromatic carbocycles. The molecule has 1 N–H and O–H groups in total. The van der Waals surface area contributed by atoms with Crippen molar-refractivity contribution in [2.24, 2.45) is 0 Å². The maximum atomic E-state index is 5.43. The van der Waals surface area contributed by atoms with Crippen molar-refractivity contribution in [3.63, 3.8) is 0 Å². The van der Waals surface area contributed by atoms with Crippen molar-refractivity contribution in [3.8, 4) is 33.9 Å². The molecule has 0 aliphatic rings. The summed E-state index contributed by atoms with van der Waals surface area (Å²) in [6, 6.07) is 15.8. The molecule has 0 amide bonds. The second-order valence-electron chi connectivity index (χ2n) is 4.59. The largest absolute Gasteiger partial charge is 0.497 e. The molecule has 106 valence electrons. The van der Waals surface area contributed by atoms with Gasteiger partial charge in [0.25, 0.3) is 0 Å². The monoisotopic (exact) mass is 280 g/mol. The normalized spacial score (nSPS) is 10.4. The third kappa shape index (κ3) is 2.48. The van der Waals surface area contributed by atoms with Crippen molar-refractivity contribution in [3.05, 3.63) is 54.7 Å². The van der Waals surface area contributed by atoms with E-state index in [1.54, 1.807) is 14.2 Å². The van der Waals surface area contributed by atoms with Gasteiger partial charge < -0.3 is 9.47 Å². The Morgan fingerprint density at radius 1 is 0.905 bits per heavy atom. The van der Waals surface area contributed by atoms with Crippen LogP contribution < -0.4 is 9.47 Å². The summed E-state index contributed by atoms with van der Waals surface area (Å²) in [7, 11) is 3.33. The number of methoxy groups -OCH3 is 2. The lowest BCUT2D eigenvalue weighted by Crippen LogP contribution is -1.90. The highest BCUT2D eigenvalue weighted by atomic mass is 16.5. The molecule has 3 rings (SSSR count). The molecule has 4 heteroatoms. The van der Waals surface area contributed by atoms with Gasteiger partial charge in [-0.2, -0.15) is 5.10 Å². The van der Waals surface area contributed by atoms with Crippen LogP contribution in [0.1, 0.15) is 0 Å². The zero-order valence-corrected chi connectivity index (χ0v) is 12.0. The van der Waals surface area contributed by atoms with Crippen LogP contribution in [0.3, 0.4) is 0 Å². The van der Waals surface area contributed by atoms with E-state index in [-0.39, 0.29) is 0 Å². The van der Waals surface area contributed by atoms with Gasteiger partial charge in [0.1, 0.15) is 11.5 Å². The van der Waals surface area contributed by atoms with Crippen LogP contribution in [0.2, 0.25) is 0 Å². The highest BCUT2D eigenvalue weighted by Crippen LogP contribution is 2.36. The van der Waals surface area contributed by atoms with Crippen molar-refractivity contribution in [2.45, 2.75) is 0 Å². The summed E-state index contributed by atoms with van der Waals surface area (Å²) >= 11 is 0. The first-order valence-electron chi connectivity index (χ1n) is 6.64. The number of nitrogens with one attached hydrogen (secondary N) is 1. The van der Waals surface area contributed by atoms with Crippen molar-refractivity contribution >= 4 is 0 Å². The average Bonchev–Trinajstić information content (AvgIpc) is 3.04. The molecule has 0 aliphatic heterocycles. The first-order valence-corrected chi connectivity index (χ1v) is 6.64. The van der Waals surface area contributed by atoms with Crippen LogP contribution in [0, 0.1) is 0 Å². The maximum Gasteiger partial charge on any atom is 0.128 e. The highest BCUT2D eigenvalue weighted by Gasteiger charge is 2.13. The van der Waals surface area contributed by atoms with E-state index < -0.39 is 0 Å². The van der Waals surface area contributed by atoms with Gasteiger partial charge in [-0.15, -0.1) is 0 Å². The van der Waals surface area contributed by atoms with E-state index in [0.29, 0.717) is 0 Å². The van der Waals surface area contributed by atoms with Crippen LogP contribution in [0.5, 0.6) is 11.5 Å². The van der Waals surface area contributed by atoms with E-state index in [1.807, 2.05) is 54.7 Å². The van der Waals surface area contributed by atoms with Gasteiger partial charge in [0.2, 0.25) is 0 Å². The van der Waals surface area contributed by atoms with E-state index in [0.717, 1.165) is 33.9 Å². The summed E-state index contributed by atoms with van der Waals surface area (Å²) in [4.78, 5) is 0. The van der Waals surface area contributed by atoms with Crippen molar-refractivity contribution in [2.75, 3.05) is 14.2 Å². The van der Waals surface area contributed by atoms with Crippen LogP contribution >= 0.6 is 0 Å². The Morgan fingerprint density at radius 2 is 1.76 bits per heavy atom.